The highest BCUT2D eigenvalue weighted by molar-refractivity contribution is 5.22. The molecule has 1 saturated heterocycles. The van der Waals surface area contributed by atoms with Crippen molar-refractivity contribution in [2.75, 3.05) is 31.6 Å². The van der Waals surface area contributed by atoms with Gasteiger partial charge >= 0.3 is 6.01 Å². The Morgan fingerprint density at radius 3 is 3.07 bits per heavy atom. The predicted molar refractivity (Wildman–Crippen MR) is 57.9 cm³/mol. The van der Waals surface area contributed by atoms with Crippen LogP contribution in [0.15, 0.2) is 4.52 Å². The van der Waals surface area contributed by atoms with Crippen molar-refractivity contribution in [3.63, 3.8) is 0 Å². The van der Waals surface area contributed by atoms with Crippen molar-refractivity contribution in [2.45, 2.75) is 19.8 Å². The Balaban J connectivity index is 1.88. The number of nitrogens with one attached hydrogen (secondary N) is 1. The third-order valence-corrected chi connectivity index (χ3v) is 2.77. The number of hydrogen-bond acceptors (Lipinski definition) is 5. The average Bonchev–Trinajstić information content (AvgIpc) is 2.66. The van der Waals surface area contributed by atoms with Crippen molar-refractivity contribution in [1.82, 2.24) is 15.5 Å². The van der Waals surface area contributed by atoms with E-state index in [0.717, 1.165) is 19.6 Å². The van der Waals surface area contributed by atoms with Gasteiger partial charge in [-0.1, -0.05) is 5.16 Å². The number of nitrogens with zero attached hydrogens (tertiary/aromatic N) is 3. The monoisotopic (exact) mass is 210 g/mol. The van der Waals surface area contributed by atoms with E-state index in [1.54, 1.807) is 0 Å². The molecule has 84 valence electrons. The van der Waals surface area contributed by atoms with Gasteiger partial charge < -0.3 is 14.7 Å². The van der Waals surface area contributed by atoms with Crippen molar-refractivity contribution < 1.29 is 4.52 Å². The van der Waals surface area contributed by atoms with Crippen molar-refractivity contribution in [3.8, 4) is 0 Å². The maximum Gasteiger partial charge on any atom is 0.323 e. The van der Waals surface area contributed by atoms with Crippen molar-refractivity contribution in [1.29, 1.82) is 0 Å². The van der Waals surface area contributed by atoms with E-state index in [1.807, 2.05) is 18.9 Å². The zero-order valence-corrected chi connectivity index (χ0v) is 9.36. The summed E-state index contributed by atoms with van der Waals surface area (Å²) in [5.74, 6) is 1.38. The molecule has 5 nitrogen and oxygen atoms in total. The first-order valence-corrected chi connectivity index (χ1v) is 5.48. The van der Waals surface area contributed by atoms with E-state index < -0.39 is 0 Å². The lowest BCUT2D eigenvalue weighted by molar-refractivity contribution is 0.363. The highest BCUT2D eigenvalue weighted by Crippen LogP contribution is 2.15. The van der Waals surface area contributed by atoms with Crippen LogP contribution in [0.2, 0.25) is 0 Å². The molecular weight excluding hydrogens is 192 g/mol. The summed E-state index contributed by atoms with van der Waals surface area (Å²) < 4.78 is 5.11. The normalized spacial score (nSPS) is 21.6. The minimum Gasteiger partial charge on any atom is -0.327 e. The molecule has 1 fully saturated rings. The summed E-state index contributed by atoms with van der Waals surface area (Å²) in [6.07, 6.45) is 2.55. The maximum absolute atomic E-state index is 5.11. The van der Waals surface area contributed by atoms with Crippen LogP contribution in [0.5, 0.6) is 0 Å². The van der Waals surface area contributed by atoms with Gasteiger partial charge in [-0.3, -0.25) is 0 Å². The molecule has 0 radical (unpaired) electrons. The summed E-state index contributed by atoms with van der Waals surface area (Å²) in [7, 11) is 2.00. The summed E-state index contributed by atoms with van der Waals surface area (Å²) in [6.45, 7) is 5.06. The Kier molecular flexibility index (Phi) is 3.20. The molecule has 0 spiro atoms. The smallest absolute Gasteiger partial charge is 0.323 e. The van der Waals surface area contributed by atoms with E-state index in [2.05, 4.69) is 15.5 Å². The number of hydrogen-bond donors (Lipinski definition) is 1. The lowest BCUT2D eigenvalue weighted by Gasteiger charge is -2.26. The van der Waals surface area contributed by atoms with Gasteiger partial charge in [0.1, 0.15) is 0 Å². The Hall–Kier alpha value is -1.10. The first kappa shape index (κ1) is 10.4. The number of rotatable bonds is 3. The van der Waals surface area contributed by atoms with Crippen LogP contribution >= 0.6 is 0 Å². The highest BCUT2D eigenvalue weighted by atomic mass is 16.5. The van der Waals surface area contributed by atoms with Crippen LogP contribution in [0.4, 0.5) is 6.01 Å². The largest absolute Gasteiger partial charge is 0.327 e. The Morgan fingerprint density at radius 2 is 2.47 bits per heavy atom. The summed E-state index contributed by atoms with van der Waals surface area (Å²) in [5, 5.41) is 7.19. The molecule has 15 heavy (non-hydrogen) atoms. The van der Waals surface area contributed by atoms with E-state index >= 15 is 0 Å². The van der Waals surface area contributed by atoms with Crippen molar-refractivity contribution in [3.05, 3.63) is 5.82 Å². The molecule has 0 aromatic carbocycles. The summed E-state index contributed by atoms with van der Waals surface area (Å²) in [4.78, 5) is 6.24. The first-order valence-electron chi connectivity index (χ1n) is 5.48. The van der Waals surface area contributed by atoms with Gasteiger partial charge in [-0.2, -0.15) is 4.98 Å². The number of aryl methyl sites for hydroxylation is 1. The molecule has 5 heteroatoms. The summed E-state index contributed by atoms with van der Waals surface area (Å²) in [6, 6.07) is 0.623. The van der Waals surface area contributed by atoms with Crippen LogP contribution in [0.25, 0.3) is 0 Å². The summed E-state index contributed by atoms with van der Waals surface area (Å²) >= 11 is 0. The van der Waals surface area contributed by atoms with E-state index in [0.29, 0.717) is 17.8 Å². The van der Waals surface area contributed by atoms with Gasteiger partial charge in [0, 0.05) is 13.6 Å². The van der Waals surface area contributed by atoms with E-state index in [9.17, 15) is 0 Å². The van der Waals surface area contributed by atoms with Crippen LogP contribution in [0, 0.1) is 12.8 Å². The van der Waals surface area contributed by atoms with Gasteiger partial charge in [-0.05, 0) is 38.8 Å². The molecule has 1 aliphatic rings. The third-order valence-electron chi connectivity index (χ3n) is 2.77. The van der Waals surface area contributed by atoms with Gasteiger partial charge in [-0.15, -0.1) is 0 Å². The van der Waals surface area contributed by atoms with Crippen LogP contribution in [-0.4, -0.2) is 36.8 Å². The van der Waals surface area contributed by atoms with E-state index in [4.69, 9.17) is 4.52 Å². The standard InChI is InChI=1S/C10H18N4O/c1-8-12-10(15-13-8)14(2)7-9-4-3-5-11-6-9/h9,11H,3-7H2,1-2H3. The Morgan fingerprint density at radius 1 is 1.60 bits per heavy atom. The second-order valence-electron chi connectivity index (χ2n) is 4.22. The molecule has 0 aliphatic carbocycles. The second kappa shape index (κ2) is 4.61. The molecule has 1 aromatic heterocycles. The van der Waals surface area contributed by atoms with Gasteiger partial charge in [0.2, 0.25) is 0 Å². The fraction of sp³-hybridized carbons (Fsp3) is 0.800. The Labute approximate surface area is 89.8 Å². The molecule has 1 unspecified atom stereocenters. The lowest BCUT2D eigenvalue weighted by atomic mass is 9.99. The molecule has 1 atom stereocenters. The van der Waals surface area contributed by atoms with Gasteiger partial charge in [0.25, 0.3) is 0 Å². The molecule has 2 heterocycles. The highest BCUT2D eigenvalue weighted by Gasteiger charge is 2.17. The molecule has 1 aromatic rings. The average molecular weight is 210 g/mol. The molecular formula is C10H18N4O. The van der Waals surface area contributed by atoms with Crippen LogP contribution in [-0.2, 0) is 0 Å². The van der Waals surface area contributed by atoms with E-state index in [1.165, 1.54) is 12.8 Å². The van der Waals surface area contributed by atoms with Crippen LogP contribution < -0.4 is 10.2 Å². The summed E-state index contributed by atoms with van der Waals surface area (Å²) in [5.41, 5.74) is 0. The third kappa shape index (κ3) is 2.68. The zero-order valence-electron chi connectivity index (χ0n) is 9.36. The lowest BCUT2D eigenvalue weighted by Crippen LogP contribution is -2.37. The minimum atomic E-state index is 0.623. The second-order valence-corrected chi connectivity index (χ2v) is 4.22. The molecule has 2 rings (SSSR count). The van der Waals surface area contributed by atoms with Crippen LogP contribution in [0.3, 0.4) is 0 Å². The van der Waals surface area contributed by atoms with Gasteiger partial charge in [0.15, 0.2) is 5.82 Å². The van der Waals surface area contributed by atoms with Crippen molar-refractivity contribution >= 4 is 6.01 Å². The topological polar surface area (TPSA) is 54.2 Å². The first-order chi connectivity index (χ1) is 7.25. The fourth-order valence-corrected chi connectivity index (χ4v) is 1.99. The zero-order chi connectivity index (χ0) is 10.7. The molecule has 1 aliphatic heterocycles. The van der Waals surface area contributed by atoms with Crippen molar-refractivity contribution in [2.24, 2.45) is 5.92 Å². The van der Waals surface area contributed by atoms with E-state index in [-0.39, 0.29) is 0 Å². The quantitative estimate of drug-likeness (QED) is 0.800. The molecule has 0 amide bonds. The molecule has 1 N–H and O–H groups in total. The molecule has 0 saturated carbocycles. The molecule has 0 bridgehead atoms. The minimum absolute atomic E-state index is 0.623. The predicted octanol–water partition coefficient (Wildman–Crippen LogP) is 0.814. The number of anilines is 1. The number of aromatic nitrogens is 2. The van der Waals surface area contributed by atoms with Gasteiger partial charge in [-0.25, -0.2) is 0 Å². The maximum atomic E-state index is 5.11. The fourth-order valence-electron chi connectivity index (χ4n) is 1.99. The Bertz CT molecular complexity index is 306. The van der Waals surface area contributed by atoms with Gasteiger partial charge in [0.05, 0.1) is 0 Å². The number of piperidine rings is 1. The van der Waals surface area contributed by atoms with Crippen LogP contribution in [0.1, 0.15) is 18.7 Å². The SMILES string of the molecule is Cc1noc(N(C)CC2CCCNC2)n1.